The highest BCUT2D eigenvalue weighted by Crippen LogP contribution is 2.26. The standard InChI is InChI=1S/C20H19N3O/c24-20(15-8-4-5-9-15)23-19(14-6-2-1-3-7-14)16-10-11-17-18(12-16)22-13-21-17/h1-3,6-8,10-13,19H,4-5,9H2,(H,21,22)(H,23,24)/t19-/m1/s1. The number of nitrogens with one attached hydrogen (secondary N) is 2. The van der Waals surface area contributed by atoms with Crippen molar-refractivity contribution in [2.45, 2.75) is 25.3 Å². The first-order valence-electron chi connectivity index (χ1n) is 8.29. The summed E-state index contributed by atoms with van der Waals surface area (Å²) in [6, 6.07) is 16.0. The number of hydrogen-bond acceptors (Lipinski definition) is 2. The maximum absolute atomic E-state index is 12.6. The van der Waals surface area contributed by atoms with Gasteiger partial charge in [0.1, 0.15) is 0 Å². The molecule has 0 radical (unpaired) electrons. The molecule has 1 atom stereocenters. The van der Waals surface area contributed by atoms with E-state index in [-0.39, 0.29) is 11.9 Å². The van der Waals surface area contributed by atoms with Crippen LogP contribution in [0.1, 0.15) is 36.4 Å². The van der Waals surface area contributed by atoms with Gasteiger partial charge in [0.2, 0.25) is 5.91 Å². The number of benzene rings is 2. The van der Waals surface area contributed by atoms with Crippen LogP contribution < -0.4 is 5.32 Å². The smallest absolute Gasteiger partial charge is 0.247 e. The van der Waals surface area contributed by atoms with Crippen LogP contribution in [-0.2, 0) is 4.79 Å². The van der Waals surface area contributed by atoms with Crippen LogP contribution in [0.25, 0.3) is 11.0 Å². The molecule has 1 aliphatic carbocycles. The fraction of sp³-hybridized carbons (Fsp3) is 0.200. The zero-order chi connectivity index (χ0) is 16.4. The quantitative estimate of drug-likeness (QED) is 0.767. The highest BCUT2D eigenvalue weighted by atomic mass is 16.1. The third kappa shape index (κ3) is 2.83. The normalized spacial score (nSPS) is 15.2. The number of rotatable bonds is 4. The van der Waals surface area contributed by atoms with Crippen LogP contribution in [-0.4, -0.2) is 15.9 Å². The molecule has 1 aliphatic rings. The number of H-pyrrole nitrogens is 1. The number of imidazole rings is 1. The zero-order valence-electron chi connectivity index (χ0n) is 13.3. The number of allylic oxidation sites excluding steroid dienone is 1. The van der Waals surface area contributed by atoms with E-state index >= 15 is 0 Å². The van der Waals surface area contributed by atoms with Crippen LogP contribution in [0, 0.1) is 0 Å². The Morgan fingerprint density at radius 2 is 2.00 bits per heavy atom. The molecule has 1 amide bonds. The monoisotopic (exact) mass is 317 g/mol. The van der Waals surface area contributed by atoms with Crippen molar-refractivity contribution in [3.05, 3.63) is 77.6 Å². The molecule has 4 heteroatoms. The van der Waals surface area contributed by atoms with Crippen molar-refractivity contribution in [3.8, 4) is 0 Å². The Balaban J connectivity index is 1.70. The molecular formula is C20H19N3O. The van der Waals surface area contributed by atoms with E-state index in [2.05, 4.69) is 27.4 Å². The minimum atomic E-state index is -0.173. The minimum Gasteiger partial charge on any atom is -0.345 e. The van der Waals surface area contributed by atoms with Crippen molar-refractivity contribution in [3.63, 3.8) is 0 Å². The summed E-state index contributed by atoms with van der Waals surface area (Å²) in [4.78, 5) is 20.0. The SMILES string of the molecule is O=C(N[C@H](c1ccccc1)c1ccc2nc[nH]c2c1)C1=CCCC1. The zero-order valence-corrected chi connectivity index (χ0v) is 13.3. The number of aromatic amines is 1. The van der Waals surface area contributed by atoms with Crippen LogP contribution >= 0.6 is 0 Å². The molecule has 0 bridgehead atoms. The van der Waals surface area contributed by atoms with Crippen LogP contribution in [0.5, 0.6) is 0 Å². The first-order valence-corrected chi connectivity index (χ1v) is 8.29. The van der Waals surface area contributed by atoms with E-state index < -0.39 is 0 Å². The maximum Gasteiger partial charge on any atom is 0.247 e. The van der Waals surface area contributed by atoms with E-state index in [1.807, 2.05) is 42.5 Å². The molecule has 0 saturated carbocycles. The van der Waals surface area contributed by atoms with E-state index in [4.69, 9.17) is 0 Å². The van der Waals surface area contributed by atoms with Crippen molar-refractivity contribution in [1.82, 2.24) is 15.3 Å². The lowest BCUT2D eigenvalue weighted by Gasteiger charge is -2.20. The average molecular weight is 317 g/mol. The number of fused-ring (bicyclic) bond motifs is 1. The molecule has 0 saturated heterocycles. The third-order valence-corrected chi connectivity index (χ3v) is 4.52. The van der Waals surface area contributed by atoms with Gasteiger partial charge in [-0.05, 0) is 42.5 Å². The summed E-state index contributed by atoms with van der Waals surface area (Å²) in [6.45, 7) is 0. The first kappa shape index (κ1) is 14.7. The molecule has 2 N–H and O–H groups in total. The molecule has 0 aliphatic heterocycles. The fourth-order valence-electron chi connectivity index (χ4n) is 3.24. The Kier molecular flexibility index (Phi) is 3.87. The summed E-state index contributed by atoms with van der Waals surface area (Å²) in [6.07, 6.45) is 6.67. The Morgan fingerprint density at radius 3 is 2.79 bits per heavy atom. The number of hydrogen-bond donors (Lipinski definition) is 2. The van der Waals surface area contributed by atoms with Crippen molar-refractivity contribution in [2.24, 2.45) is 0 Å². The van der Waals surface area contributed by atoms with Crippen molar-refractivity contribution in [2.75, 3.05) is 0 Å². The van der Waals surface area contributed by atoms with Gasteiger partial charge in [0.05, 0.1) is 23.4 Å². The van der Waals surface area contributed by atoms with E-state index in [0.717, 1.165) is 47.0 Å². The Hall–Kier alpha value is -2.88. The molecule has 3 aromatic rings. The second-order valence-electron chi connectivity index (χ2n) is 6.12. The Morgan fingerprint density at radius 1 is 1.12 bits per heavy atom. The predicted molar refractivity (Wildman–Crippen MR) is 94.5 cm³/mol. The summed E-state index contributed by atoms with van der Waals surface area (Å²) in [5, 5.41) is 3.21. The lowest BCUT2D eigenvalue weighted by atomic mass is 9.97. The number of aromatic nitrogens is 2. The van der Waals surface area contributed by atoms with Crippen molar-refractivity contribution < 1.29 is 4.79 Å². The van der Waals surface area contributed by atoms with Gasteiger partial charge < -0.3 is 10.3 Å². The number of carbonyl (C=O) groups excluding carboxylic acids is 1. The highest BCUT2D eigenvalue weighted by molar-refractivity contribution is 5.94. The molecular weight excluding hydrogens is 298 g/mol. The molecule has 1 heterocycles. The van der Waals surface area contributed by atoms with Crippen LogP contribution in [0.2, 0.25) is 0 Å². The molecule has 4 nitrogen and oxygen atoms in total. The van der Waals surface area contributed by atoms with Gasteiger partial charge in [0.15, 0.2) is 0 Å². The summed E-state index contributed by atoms with van der Waals surface area (Å²) < 4.78 is 0. The lowest BCUT2D eigenvalue weighted by molar-refractivity contribution is -0.118. The second-order valence-corrected chi connectivity index (χ2v) is 6.12. The average Bonchev–Trinajstić information content (AvgIpc) is 3.31. The molecule has 120 valence electrons. The molecule has 4 rings (SSSR count). The summed E-state index contributed by atoms with van der Waals surface area (Å²) in [5.41, 5.74) is 4.92. The number of carbonyl (C=O) groups is 1. The summed E-state index contributed by atoms with van der Waals surface area (Å²) in [5.74, 6) is 0.0334. The Labute approximate surface area is 140 Å². The second kappa shape index (κ2) is 6.32. The first-order chi connectivity index (χ1) is 11.8. The topological polar surface area (TPSA) is 57.8 Å². The molecule has 24 heavy (non-hydrogen) atoms. The molecule has 0 spiro atoms. The fourth-order valence-corrected chi connectivity index (χ4v) is 3.24. The van der Waals surface area contributed by atoms with Gasteiger partial charge in [0, 0.05) is 5.57 Å². The van der Waals surface area contributed by atoms with Crippen LogP contribution in [0.3, 0.4) is 0 Å². The molecule has 1 aromatic heterocycles. The lowest BCUT2D eigenvalue weighted by Crippen LogP contribution is -2.30. The number of amides is 1. The van der Waals surface area contributed by atoms with Gasteiger partial charge in [-0.1, -0.05) is 42.5 Å². The minimum absolute atomic E-state index is 0.0334. The van der Waals surface area contributed by atoms with Gasteiger partial charge >= 0.3 is 0 Å². The van der Waals surface area contributed by atoms with E-state index in [0.29, 0.717) is 0 Å². The van der Waals surface area contributed by atoms with Crippen molar-refractivity contribution in [1.29, 1.82) is 0 Å². The largest absolute Gasteiger partial charge is 0.345 e. The highest BCUT2D eigenvalue weighted by Gasteiger charge is 2.20. The molecule has 0 fully saturated rings. The van der Waals surface area contributed by atoms with Crippen molar-refractivity contribution >= 4 is 16.9 Å². The molecule has 0 unspecified atom stereocenters. The van der Waals surface area contributed by atoms with Crippen LogP contribution in [0.4, 0.5) is 0 Å². The van der Waals surface area contributed by atoms with Gasteiger partial charge in [-0.2, -0.15) is 0 Å². The Bertz CT molecular complexity index is 895. The van der Waals surface area contributed by atoms with E-state index in [9.17, 15) is 4.79 Å². The molecule has 2 aromatic carbocycles. The predicted octanol–water partition coefficient (Wildman–Crippen LogP) is 3.88. The maximum atomic E-state index is 12.6. The van der Waals surface area contributed by atoms with E-state index in [1.54, 1.807) is 6.33 Å². The third-order valence-electron chi connectivity index (χ3n) is 4.52. The number of nitrogens with zero attached hydrogens (tertiary/aromatic N) is 1. The van der Waals surface area contributed by atoms with Gasteiger partial charge in [-0.3, -0.25) is 4.79 Å². The van der Waals surface area contributed by atoms with Gasteiger partial charge in [-0.25, -0.2) is 4.98 Å². The van der Waals surface area contributed by atoms with Crippen LogP contribution in [0.15, 0.2) is 66.5 Å². The summed E-state index contributed by atoms with van der Waals surface area (Å²) in [7, 11) is 0. The van der Waals surface area contributed by atoms with E-state index in [1.165, 1.54) is 0 Å². The van der Waals surface area contributed by atoms with Gasteiger partial charge in [0.25, 0.3) is 0 Å². The van der Waals surface area contributed by atoms with Gasteiger partial charge in [-0.15, -0.1) is 0 Å². The summed E-state index contributed by atoms with van der Waals surface area (Å²) >= 11 is 0.